The molecule has 0 aliphatic heterocycles. The fraction of sp³-hybridized carbons (Fsp3) is 0.600. The molecule has 0 aliphatic carbocycles. The molecule has 0 spiro atoms. The molecule has 1 rings (SSSR count). The van der Waals surface area contributed by atoms with Crippen LogP contribution < -0.4 is 5.32 Å². The van der Waals surface area contributed by atoms with E-state index in [4.69, 9.17) is 23.2 Å². The molecule has 1 N–H and O–H groups in total. The van der Waals surface area contributed by atoms with Crippen LogP contribution in [0.5, 0.6) is 0 Å². The highest BCUT2D eigenvalue weighted by Gasteiger charge is 2.17. The van der Waals surface area contributed by atoms with Crippen LogP contribution >= 0.6 is 23.2 Å². The second-order valence-electron chi connectivity index (χ2n) is 4.83. The highest BCUT2D eigenvalue weighted by atomic mass is 35.5. The first-order chi connectivity index (χ1) is 8.60. The van der Waals surface area contributed by atoms with Crippen molar-refractivity contribution < 1.29 is 0 Å². The fourth-order valence-corrected chi connectivity index (χ4v) is 2.60. The molecule has 1 aromatic rings. The van der Waals surface area contributed by atoms with E-state index in [0.717, 1.165) is 24.9 Å². The zero-order valence-corrected chi connectivity index (χ0v) is 13.0. The van der Waals surface area contributed by atoms with Crippen molar-refractivity contribution in [3.63, 3.8) is 0 Å². The monoisotopic (exact) mass is 287 g/mol. The minimum atomic E-state index is 0.505. The van der Waals surface area contributed by atoms with Gasteiger partial charge < -0.3 is 5.32 Å². The van der Waals surface area contributed by atoms with Crippen molar-refractivity contribution >= 4 is 23.2 Å². The van der Waals surface area contributed by atoms with Crippen molar-refractivity contribution in [1.82, 2.24) is 5.32 Å². The molecule has 2 unspecified atom stereocenters. The van der Waals surface area contributed by atoms with Gasteiger partial charge in [-0.25, -0.2) is 0 Å². The summed E-state index contributed by atoms with van der Waals surface area (Å²) in [6.07, 6.45) is 3.28. The summed E-state index contributed by atoms with van der Waals surface area (Å²) in [6.45, 7) is 7.74. The number of halogens is 2. The molecular weight excluding hydrogens is 265 g/mol. The number of hydrogen-bond donors (Lipinski definition) is 1. The van der Waals surface area contributed by atoms with E-state index in [1.807, 2.05) is 12.1 Å². The molecule has 0 saturated heterocycles. The normalized spacial score (nSPS) is 14.5. The highest BCUT2D eigenvalue weighted by molar-refractivity contribution is 6.42. The van der Waals surface area contributed by atoms with E-state index >= 15 is 0 Å². The molecule has 2 atom stereocenters. The first-order valence-corrected chi connectivity index (χ1v) is 7.52. The maximum atomic E-state index is 6.25. The summed E-state index contributed by atoms with van der Waals surface area (Å²) in [5.41, 5.74) is 1.15. The topological polar surface area (TPSA) is 12.0 Å². The minimum Gasteiger partial charge on any atom is -0.314 e. The van der Waals surface area contributed by atoms with E-state index in [2.05, 4.69) is 32.2 Å². The molecule has 1 aromatic carbocycles. The summed E-state index contributed by atoms with van der Waals surface area (Å²) in [4.78, 5) is 0. The van der Waals surface area contributed by atoms with Gasteiger partial charge in [-0.15, -0.1) is 0 Å². The number of rotatable bonds is 7. The van der Waals surface area contributed by atoms with Gasteiger partial charge in [0.1, 0.15) is 0 Å². The van der Waals surface area contributed by atoms with E-state index in [1.165, 1.54) is 6.42 Å². The Morgan fingerprint density at radius 3 is 2.56 bits per heavy atom. The van der Waals surface area contributed by atoms with Crippen molar-refractivity contribution in [3.05, 3.63) is 33.8 Å². The lowest BCUT2D eigenvalue weighted by Crippen LogP contribution is -2.34. The predicted octanol–water partition coefficient (Wildman–Crippen LogP) is 4.95. The van der Waals surface area contributed by atoms with Crippen LogP contribution in [-0.2, 0) is 6.42 Å². The lowest BCUT2D eigenvalue weighted by Gasteiger charge is -2.24. The summed E-state index contributed by atoms with van der Waals surface area (Å²) < 4.78 is 0. The second kappa shape index (κ2) is 8.04. The molecule has 0 fully saturated rings. The molecule has 0 aliphatic rings. The van der Waals surface area contributed by atoms with E-state index in [0.29, 0.717) is 22.0 Å². The Morgan fingerprint density at radius 1 is 1.22 bits per heavy atom. The van der Waals surface area contributed by atoms with Crippen LogP contribution in [0, 0.1) is 5.92 Å². The zero-order valence-electron chi connectivity index (χ0n) is 11.5. The molecule has 0 aromatic heterocycles. The Balaban J connectivity index is 2.70. The number of nitrogens with one attached hydrogen (secondary N) is 1. The van der Waals surface area contributed by atoms with Crippen LogP contribution in [0.25, 0.3) is 0 Å². The Kier molecular flexibility index (Phi) is 7.06. The number of hydrogen-bond acceptors (Lipinski definition) is 1. The predicted molar refractivity (Wildman–Crippen MR) is 81.7 cm³/mol. The second-order valence-corrected chi connectivity index (χ2v) is 5.61. The van der Waals surface area contributed by atoms with Gasteiger partial charge in [0.15, 0.2) is 0 Å². The maximum Gasteiger partial charge on any atom is 0.0624 e. The largest absolute Gasteiger partial charge is 0.314 e. The van der Waals surface area contributed by atoms with Crippen LogP contribution in [0.3, 0.4) is 0 Å². The van der Waals surface area contributed by atoms with Crippen molar-refractivity contribution in [2.75, 3.05) is 6.54 Å². The minimum absolute atomic E-state index is 0.505. The summed E-state index contributed by atoms with van der Waals surface area (Å²) in [6, 6.07) is 6.39. The van der Waals surface area contributed by atoms with Crippen LogP contribution in [0.15, 0.2) is 18.2 Å². The van der Waals surface area contributed by atoms with Crippen LogP contribution in [0.1, 0.15) is 39.2 Å². The Morgan fingerprint density at radius 2 is 1.94 bits per heavy atom. The summed E-state index contributed by atoms with van der Waals surface area (Å²) >= 11 is 12.3. The lowest BCUT2D eigenvalue weighted by molar-refractivity contribution is 0.362. The van der Waals surface area contributed by atoms with Gasteiger partial charge in [-0.3, -0.25) is 0 Å². The van der Waals surface area contributed by atoms with Gasteiger partial charge in [0.2, 0.25) is 0 Å². The van der Waals surface area contributed by atoms with E-state index in [1.54, 1.807) is 0 Å². The van der Waals surface area contributed by atoms with Crippen molar-refractivity contribution in [1.29, 1.82) is 0 Å². The molecule has 3 heteroatoms. The zero-order chi connectivity index (χ0) is 13.5. The van der Waals surface area contributed by atoms with Crippen LogP contribution in [0.4, 0.5) is 0 Å². The molecule has 1 nitrogen and oxygen atoms in total. The first-order valence-electron chi connectivity index (χ1n) is 6.76. The standard InChI is InChI=1S/C15H23Cl2N/c1-4-9-18-11(3)12(5-2)10-13-7-6-8-14(16)15(13)17/h6-8,11-12,18H,4-5,9-10H2,1-3H3. The molecule has 0 amide bonds. The third-order valence-electron chi connectivity index (χ3n) is 3.46. The van der Waals surface area contributed by atoms with Gasteiger partial charge in [-0.1, -0.05) is 55.6 Å². The Labute approximate surface area is 121 Å². The van der Waals surface area contributed by atoms with Crippen molar-refractivity contribution in [2.24, 2.45) is 5.92 Å². The van der Waals surface area contributed by atoms with Crippen LogP contribution in [0.2, 0.25) is 10.0 Å². The number of benzene rings is 1. The molecule has 0 radical (unpaired) electrons. The average Bonchev–Trinajstić information content (AvgIpc) is 2.37. The Bertz CT molecular complexity index is 366. The average molecular weight is 288 g/mol. The molecule has 0 saturated carbocycles. The van der Waals surface area contributed by atoms with Gasteiger partial charge in [0, 0.05) is 6.04 Å². The van der Waals surface area contributed by atoms with Crippen molar-refractivity contribution in [2.45, 2.75) is 46.1 Å². The summed E-state index contributed by atoms with van der Waals surface area (Å²) in [5, 5.41) is 4.92. The van der Waals surface area contributed by atoms with Gasteiger partial charge in [-0.05, 0) is 43.9 Å². The Hall–Kier alpha value is -0.240. The molecular formula is C15H23Cl2N. The molecule has 18 heavy (non-hydrogen) atoms. The van der Waals surface area contributed by atoms with Crippen molar-refractivity contribution in [3.8, 4) is 0 Å². The van der Waals surface area contributed by atoms with Gasteiger partial charge in [-0.2, -0.15) is 0 Å². The maximum absolute atomic E-state index is 6.25. The summed E-state index contributed by atoms with van der Waals surface area (Å²) in [7, 11) is 0. The third kappa shape index (κ3) is 4.46. The third-order valence-corrected chi connectivity index (χ3v) is 4.32. The van der Waals surface area contributed by atoms with E-state index < -0.39 is 0 Å². The lowest BCUT2D eigenvalue weighted by atomic mass is 9.90. The fourth-order valence-electron chi connectivity index (χ4n) is 2.20. The molecule has 0 heterocycles. The van der Waals surface area contributed by atoms with E-state index in [-0.39, 0.29) is 0 Å². The van der Waals surface area contributed by atoms with Gasteiger partial charge in [0.05, 0.1) is 10.0 Å². The summed E-state index contributed by atoms with van der Waals surface area (Å²) in [5.74, 6) is 0.590. The quantitative estimate of drug-likeness (QED) is 0.748. The smallest absolute Gasteiger partial charge is 0.0624 e. The SMILES string of the molecule is CCCNC(C)C(CC)Cc1cccc(Cl)c1Cl. The highest BCUT2D eigenvalue weighted by Crippen LogP contribution is 2.28. The first kappa shape index (κ1) is 15.8. The molecule has 0 bridgehead atoms. The van der Waals surface area contributed by atoms with Gasteiger partial charge >= 0.3 is 0 Å². The molecule has 102 valence electrons. The van der Waals surface area contributed by atoms with Crippen LogP contribution in [-0.4, -0.2) is 12.6 Å². The van der Waals surface area contributed by atoms with Gasteiger partial charge in [0.25, 0.3) is 0 Å². The van der Waals surface area contributed by atoms with E-state index in [9.17, 15) is 0 Å².